The zero-order valence-corrected chi connectivity index (χ0v) is 32.6. The van der Waals surface area contributed by atoms with Gasteiger partial charge in [0.1, 0.15) is 23.7 Å². The van der Waals surface area contributed by atoms with Crippen LogP contribution in [0.2, 0.25) is 5.02 Å². The molecule has 6 rings (SSSR count). The molecule has 0 unspecified atom stereocenters. The van der Waals surface area contributed by atoms with Gasteiger partial charge in [-0.1, -0.05) is 63.3 Å². The number of nitrogens with zero attached hydrogens (tertiary/aromatic N) is 5. The van der Waals surface area contributed by atoms with Gasteiger partial charge in [-0.3, -0.25) is 9.59 Å². The number of likely N-dealkylation sites (tertiary alicyclic amines) is 2. The molecular formula is C40H47ClN8O6. The minimum absolute atomic E-state index is 0.0370. The van der Waals surface area contributed by atoms with Gasteiger partial charge in [0.2, 0.25) is 18.2 Å². The van der Waals surface area contributed by atoms with Gasteiger partial charge in [0.25, 0.3) is 0 Å². The zero-order chi connectivity index (χ0) is 39.2. The molecule has 0 saturated carbocycles. The molecular weight excluding hydrogens is 724 g/mol. The Balaban J connectivity index is 1.14. The minimum atomic E-state index is -0.698. The van der Waals surface area contributed by atoms with Crippen LogP contribution < -0.4 is 5.32 Å². The van der Waals surface area contributed by atoms with E-state index in [9.17, 15) is 14.4 Å². The lowest BCUT2D eigenvalue weighted by molar-refractivity contribution is -0.188. The van der Waals surface area contributed by atoms with Crippen molar-refractivity contribution in [1.29, 1.82) is 0 Å². The predicted octanol–water partition coefficient (Wildman–Crippen LogP) is 6.34. The van der Waals surface area contributed by atoms with Crippen molar-refractivity contribution in [3.05, 3.63) is 70.4 Å². The summed E-state index contributed by atoms with van der Waals surface area (Å²) in [5.74, 6) is 7.43. The topological polar surface area (TPSA) is 167 Å². The van der Waals surface area contributed by atoms with Crippen molar-refractivity contribution < 1.29 is 28.9 Å². The summed E-state index contributed by atoms with van der Waals surface area (Å²) < 4.78 is 4.75. The van der Waals surface area contributed by atoms with E-state index >= 15 is 0 Å². The Labute approximate surface area is 325 Å². The lowest BCUT2D eigenvalue weighted by atomic mass is 10.0. The average Bonchev–Trinajstić information content (AvgIpc) is 4.00. The fourth-order valence-corrected chi connectivity index (χ4v) is 7.37. The largest absolute Gasteiger partial charge is 0.453 e. The standard InChI is InChI=1S/C40H47ClN8O6/c1-23(2)34(43-22-55-54-6)38(50)49-18-8-10-33(49)37-44-29-19-27(28(41)20-30(29)45-37)16-13-25-11-14-26(15-12-25)31-21-42-36(46-31)32-9-7-17-48(32)39(51)35(24(3)4)47-40(52)53-5/h11-12,14-15,19-24,32-35H,7-10,17-18H2,1-6H3,(H,42,46)(H,44,45)(H,47,52)/t32-,33-,34-,35-/m0/s1. The first-order chi connectivity index (χ1) is 26.5. The first-order valence-electron chi connectivity index (χ1n) is 18.5. The highest BCUT2D eigenvalue weighted by molar-refractivity contribution is 6.32. The molecule has 2 aromatic carbocycles. The number of carbonyl (C=O) groups is 3. The van der Waals surface area contributed by atoms with Gasteiger partial charge in [-0.2, -0.15) is 4.89 Å². The molecule has 4 aromatic rings. The summed E-state index contributed by atoms with van der Waals surface area (Å²) in [7, 11) is 2.66. The van der Waals surface area contributed by atoms with Crippen molar-refractivity contribution in [2.24, 2.45) is 16.8 Å². The quantitative estimate of drug-likeness (QED) is 0.0522. The van der Waals surface area contributed by atoms with Crippen LogP contribution in [0, 0.1) is 23.7 Å². The number of fused-ring (bicyclic) bond motifs is 1. The Morgan fingerprint density at radius 2 is 1.64 bits per heavy atom. The molecule has 4 atom stereocenters. The van der Waals surface area contributed by atoms with Gasteiger partial charge in [0, 0.05) is 24.2 Å². The molecule has 2 aliphatic rings. The lowest BCUT2D eigenvalue weighted by Crippen LogP contribution is -2.51. The smallest absolute Gasteiger partial charge is 0.407 e. The molecule has 2 fully saturated rings. The summed E-state index contributed by atoms with van der Waals surface area (Å²) in [6.45, 7) is 8.87. The second-order valence-corrected chi connectivity index (χ2v) is 14.8. The summed E-state index contributed by atoms with van der Waals surface area (Å²) in [6.07, 6.45) is 5.53. The van der Waals surface area contributed by atoms with E-state index in [1.54, 1.807) is 17.2 Å². The SMILES string of the molecule is COOC=N[C@H](C(=O)N1CCC[C@H]1c1nc2cc(Cl)c(C#Cc3ccc(-c4cnc([C@@H]5CCCN5C(=O)[C@@H](NC(=O)OC)C(C)C)[nH]4)cc3)cc2[nH]1)C(C)C. The van der Waals surface area contributed by atoms with E-state index in [2.05, 4.69) is 42.0 Å². The number of halogens is 1. The molecule has 290 valence electrons. The molecule has 0 aliphatic carbocycles. The van der Waals surface area contributed by atoms with Crippen LogP contribution in [-0.2, 0) is 24.1 Å². The number of nitrogens with one attached hydrogen (secondary N) is 3. The molecule has 2 aromatic heterocycles. The van der Waals surface area contributed by atoms with Crippen LogP contribution in [0.3, 0.4) is 0 Å². The Morgan fingerprint density at radius 3 is 2.29 bits per heavy atom. The normalized spacial score (nSPS) is 18.2. The van der Waals surface area contributed by atoms with Crippen LogP contribution in [0.5, 0.6) is 0 Å². The van der Waals surface area contributed by atoms with Crippen LogP contribution in [-0.4, -0.2) is 93.4 Å². The van der Waals surface area contributed by atoms with E-state index in [0.717, 1.165) is 54.4 Å². The summed E-state index contributed by atoms with van der Waals surface area (Å²) in [5, 5.41) is 3.16. The van der Waals surface area contributed by atoms with Crippen molar-refractivity contribution >= 4 is 46.9 Å². The number of benzene rings is 2. The number of aliphatic imine (C=N–C) groups is 1. The van der Waals surface area contributed by atoms with E-state index in [-0.39, 0.29) is 35.7 Å². The monoisotopic (exact) mass is 770 g/mol. The molecule has 0 spiro atoms. The lowest BCUT2D eigenvalue weighted by Gasteiger charge is -2.30. The van der Waals surface area contributed by atoms with Crippen molar-refractivity contribution in [3.63, 3.8) is 0 Å². The zero-order valence-electron chi connectivity index (χ0n) is 31.9. The Morgan fingerprint density at radius 1 is 0.945 bits per heavy atom. The van der Waals surface area contributed by atoms with Gasteiger partial charge in [-0.25, -0.2) is 19.8 Å². The van der Waals surface area contributed by atoms with Gasteiger partial charge in [0.15, 0.2) is 0 Å². The number of hydrogen-bond acceptors (Lipinski definition) is 9. The Kier molecular flexibility index (Phi) is 12.4. The van der Waals surface area contributed by atoms with Gasteiger partial charge in [0.05, 0.1) is 54.3 Å². The number of alkyl carbamates (subject to hydrolysis) is 1. The second-order valence-electron chi connectivity index (χ2n) is 14.4. The third kappa shape index (κ3) is 8.79. The fraction of sp³-hybridized carbons (Fsp3) is 0.450. The molecule has 0 bridgehead atoms. The molecule has 15 heteroatoms. The third-order valence-corrected chi connectivity index (χ3v) is 10.4. The molecule has 4 heterocycles. The van der Waals surface area contributed by atoms with Crippen LogP contribution in [0.1, 0.15) is 88.2 Å². The third-order valence-electron chi connectivity index (χ3n) is 10.1. The van der Waals surface area contributed by atoms with E-state index < -0.39 is 18.2 Å². The number of aromatic nitrogens is 4. The van der Waals surface area contributed by atoms with Crippen LogP contribution in [0.25, 0.3) is 22.3 Å². The highest BCUT2D eigenvalue weighted by Crippen LogP contribution is 2.35. The highest BCUT2D eigenvalue weighted by atomic mass is 35.5. The fourth-order valence-electron chi connectivity index (χ4n) is 7.16. The number of hydrogen-bond donors (Lipinski definition) is 3. The van der Waals surface area contributed by atoms with Crippen LogP contribution in [0.4, 0.5) is 4.79 Å². The predicted molar refractivity (Wildman–Crippen MR) is 208 cm³/mol. The summed E-state index contributed by atoms with van der Waals surface area (Å²) in [5.41, 5.74) is 4.67. The average molecular weight is 771 g/mol. The number of ether oxygens (including phenoxy) is 1. The number of aromatic amines is 2. The molecule has 3 N–H and O–H groups in total. The number of rotatable bonds is 11. The van der Waals surface area contributed by atoms with Crippen molar-refractivity contribution in [1.82, 2.24) is 35.1 Å². The van der Waals surface area contributed by atoms with Crippen molar-refractivity contribution in [2.45, 2.75) is 77.5 Å². The first kappa shape index (κ1) is 39.3. The molecule has 55 heavy (non-hydrogen) atoms. The second kappa shape index (κ2) is 17.4. The van der Waals surface area contributed by atoms with E-state index in [0.29, 0.717) is 40.8 Å². The van der Waals surface area contributed by atoms with Gasteiger partial charge in [-0.15, -0.1) is 0 Å². The van der Waals surface area contributed by atoms with Gasteiger partial charge >= 0.3 is 6.09 Å². The maximum atomic E-state index is 13.6. The maximum absolute atomic E-state index is 13.6. The van der Waals surface area contributed by atoms with Crippen LogP contribution in [0.15, 0.2) is 47.6 Å². The highest BCUT2D eigenvalue weighted by Gasteiger charge is 2.38. The maximum Gasteiger partial charge on any atom is 0.407 e. The van der Waals surface area contributed by atoms with E-state index in [1.807, 2.05) is 62.9 Å². The Bertz CT molecular complexity index is 2100. The minimum Gasteiger partial charge on any atom is -0.453 e. The van der Waals surface area contributed by atoms with E-state index in [1.165, 1.54) is 14.2 Å². The van der Waals surface area contributed by atoms with Gasteiger partial charge < -0.3 is 34.7 Å². The molecule has 0 radical (unpaired) electrons. The number of methoxy groups -OCH3 is 1. The number of amides is 3. The first-order valence-corrected chi connectivity index (χ1v) is 18.9. The molecule has 2 saturated heterocycles. The Hall–Kier alpha value is -5.39. The molecule has 3 amide bonds. The van der Waals surface area contributed by atoms with E-state index in [4.69, 9.17) is 26.2 Å². The van der Waals surface area contributed by atoms with Gasteiger partial charge in [-0.05, 0) is 67.3 Å². The van der Waals surface area contributed by atoms with Crippen LogP contribution >= 0.6 is 11.6 Å². The summed E-state index contributed by atoms with van der Waals surface area (Å²) in [4.78, 5) is 72.6. The summed E-state index contributed by atoms with van der Waals surface area (Å²) >= 11 is 6.69. The van der Waals surface area contributed by atoms with Crippen molar-refractivity contribution in [3.8, 4) is 23.1 Å². The number of carbonyl (C=O) groups excluding carboxylic acids is 3. The molecule has 14 nitrogen and oxygen atoms in total. The number of imidazole rings is 2. The van der Waals surface area contributed by atoms with Crippen molar-refractivity contribution in [2.75, 3.05) is 27.3 Å². The summed E-state index contributed by atoms with van der Waals surface area (Å²) in [6, 6.07) is 9.73. The molecule has 2 aliphatic heterocycles. The number of H-pyrrole nitrogens is 2.